The Morgan fingerprint density at radius 2 is 1.79 bits per heavy atom. The Labute approximate surface area is 204 Å². The highest BCUT2D eigenvalue weighted by Gasteiger charge is 2.11. The van der Waals surface area contributed by atoms with Crippen molar-refractivity contribution in [1.82, 2.24) is 15.3 Å². The van der Waals surface area contributed by atoms with E-state index < -0.39 is 0 Å². The van der Waals surface area contributed by atoms with Gasteiger partial charge in [-0.1, -0.05) is 61.2 Å². The molecule has 4 aromatic rings. The smallest absolute Gasteiger partial charge is 0.251 e. The third-order valence-corrected chi connectivity index (χ3v) is 6.27. The van der Waals surface area contributed by atoms with Crippen molar-refractivity contribution in [2.45, 2.75) is 37.3 Å². The van der Waals surface area contributed by atoms with Crippen LogP contribution in [0, 0.1) is 0 Å². The summed E-state index contributed by atoms with van der Waals surface area (Å²) in [5.74, 6) is 2.25. The molecule has 0 aliphatic heterocycles. The number of rotatable bonds is 10. The number of carbonyl (C=O) groups is 1. The third-order valence-electron chi connectivity index (χ3n) is 5.35. The lowest BCUT2D eigenvalue weighted by Crippen LogP contribution is -2.22. The van der Waals surface area contributed by atoms with E-state index in [2.05, 4.69) is 54.5 Å². The maximum absolute atomic E-state index is 12.4. The van der Waals surface area contributed by atoms with Gasteiger partial charge in [-0.05, 0) is 41.8 Å². The Bertz CT molecular complexity index is 1200. The highest BCUT2D eigenvalue weighted by molar-refractivity contribution is 7.98. The molecule has 0 bridgehead atoms. The fourth-order valence-corrected chi connectivity index (χ4v) is 4.25. The molecule has 0 fully saturated rings. The first kappa shape index (κ1) is 23.6. The fraction of sp³-hybridized carbons (Fsp3) is 0.222. The minimum absolute atomic E-state index is 0.124. The highest BCUT2D eigenvalue weighted by atomic mass is 32.2. The summed E-state index contributed by atoms with van der Waals surface area (Å²) in [6, 6.07) is 23.7. The van der Waals surface area contributed by atoms with Gasteiger partial charge in [0.15, 0.2) is 5.16 Å². The van der Waals surface area contributed by atoms with Crippen molar-refractivity contribution in [3.8, 4) is 0 Å². The molecule has 2 aromatic carbocycles. The molecule has 2 heterocycles. The van der Waals surface area contributed by atoms with Crippen molar-refractivity contribution in [1.29, 1.82) is 0 Å². The summed E-state index contributed by atoms with van der Waals surface area (Å²) in [6.07, 6.45) is 2.45. The van der Waals surface area contributed by atoms with Gasteiger partial charge in [-0.2, -0.15) is 0 Å². The van der Waals surface area contributed by atoms with Crippen LogP contribution in [0.4, 0.5) is 5.82 Å². The second-order valence-electron chi connectivity index (χ2n) is 7.94. The van der Waals surface area contributed by atoms with Crippen LogP contribution in [0.3, 0.4) is 0 Å². The molecular formula is C27H28N4O2S. The van der Waals surface area contributed by atoms with E-state index in [9.17, 15) is 4.79 Å². The molecule has 0 atom stereocenters. The lowest BCUT2D eigenvalue weighted by Gasteiger charge is -2.19. The van der Waals surface area contributed by atoms with Crippen molar-refractivity contribution < 1.29 is 9.21 Å². The first-order valence-electron chi connectivity index (χ1n) is 11.3. The van der Waals surface area contributed by atoms with Gasteiger partial charge in [0.2, 0.25) is 0 Å². The van der Waals surface area contributed by atoms with Crippen LogP contribution in [0.5, 0.6) is 0 Å². The molecule has 0 spiro atoms. The Balaban J connectivity index is 1.36. The number of thioether (sulfide) groups is 1. The molecule has 0 saturated carbocycles. The minimum atomic E-state index is -0.124. The Kier molecular flexibility index (Phi) is 7.99. The summed E-state index contributed by atoms with van der Waals surface area (Å²) < 4.78 is 5.25. The van der Waals surface area contributed by atoms with Gasteiger partial charge >= 0.3 is 0 Å². The predicted molar refractivity (Wildman–Crippen MR) is 136 cm³/mol. The number of hydrogen-bond acceptors (Lipinski definition) is 6. The molecule has 174 valence electrons. The van der Waals surface area contributed by atoms with Gasteiger partial charge < -0.3 is 14.6 Å². The summed E-state index contributed by atoms with van der Waals surface area (Å²) in [5.41, 5.74) is 3.99. The van der Waals surface area contributed by atoms with E-state index in [1.54, 1.807) is 24.1 Å². The number of aryl methyl sites for hydroxylation is 1. The molecule has 2 aromatic heterocycles. The van der Waals surface area contributed by atoms with Gasteiger partial charge in [-0.25, -0.2) is 9.97 Å². The van der Waals surface area contributed by atoms with E-state index in [0.29, 0.717) is 12.1 Å². The van der Waals surface area contributed by atoms with Gasteiger partial charge in [-0.15, -0.1) is 0 Å². The Hall–Kier alpha value is -3.58. The van der Waals surface area contributed by atoms with Crippen molar-refractivity contribution in [2.75, 3.05) is 11.9 Å². The monoisotopic (exact) mass is 472 g/mol. The van der Waals surface area contributed by atoms with Gasteiger partial charge in [0, 0.05) is 36.7 Å². The number of hydrogen-bond donors (Lipinski definition) is 1. The quantitative estimate of drug-likeness (QED) is 0.243. The number of benzene rings is 2. The van der Waals surface area contributed by atoms with Crippen molar-refractivity contribution in [3.63, 3.8) is 0 Å². The zero-order chi connectivity index (χ0) is 23.8. The number of carbonyl (C=O) groups excluding carboxylic acids is 1. The standard InChI is InChI=1S/C27H28N4O2S/c1-3-23-16-25(31(2)18-20-8-5-4-6-9-20)30-27(29-23)34-19-21-11-13-22(14-12-21)26(32)28-17-24-10-7-15-33-24/h4-16H,3,17-19H2,1-2H3,(H,28,32). The summed E-state index contributed by atoms with van der Waals surface area (Å²) in [5, 5.41) is 3.62. The van der Waals surface area contributed by atoms with Crippen molar-refractivity contribution >= 4 is 23.5 Å². The highest BCUT2D eigenvalue weighted by Crippen LogP contribution is 2.24. The molecule has 0 unspecified atom stereocenters. The van der Waals surface area contributed by atoms with Crippen LogP contribution in [-0.4, -0.2) is 22.9 Å². The zero-order valence-electron chi connectivity index (χ0n) is 19.4. The topological polar surface area (TPSA) is 71.3 Å². The fourth-order valence-electron chi connectivity index (χ4n) is 3.42. The normalized spacial score (nSPS) is 10.8. The number of anilines is 1. The lowest BCUT2D eigenvalue weighted by atomic mass is 10.1. The first-order valence-corrected chi connectivity index (χ1v) is 12.2. The van der Waals surface area contributed by atoms with E-state index in [4.69, 9.17) is 14.4 Å². The second kappa shape index (κ2) is 11.5. The van der Waals surface area contributed by atoms with E-state index in [1.165, 1.54) is 5.56 Å². The maximum atomic E-state index is 12.4. The summed E-state index contributed by atoms with van der Waals surface area (Å²) in [4.78, 5) is 24.0. The molecule has 4 rings (SSSR count). The average Bonchev–Trinajstić information content (AvgIpc) is 3.40. The molecular weight excluding hydrogens is 444 g/mol. The number of nitrogens with zero attached hydrogens (tertiary/aromatic N) is 3. The largest absolute Gasteiger partial charge is 0.467 e. The van der Waals surface area contributed by atoms with E-state index in [0.717, 1.165) is 46.7 Å². The van der Waals surface area contributed by atoms with E-state index in [-0.39, 0.29) is 5.91 Å². The Morgan fingerprint density at radius 3 is 2.50 bits per heavy atom. The molecule has 34 heavy (non-hydrogen) atoms. The van der Waals surface area contributed by atoms with Crippen molar-refractivity contribution in [3.05, 3.63) is 107 Å². The van der Waals surface area contributed by atoms with Crippen LogP contribution >= 0.6 is 11.8 Å². The van der Waals surface area contributed by atoms with E-state index in [1.807, 2.05) is 36.4 Å². The molecule has 0 aliphatic carbocycles. The molecule has 0 aliphatic rings. The van der Waals surface area contributed by atoms with Crippen LogP contribution in [0.2, 0.25) is 0 Å². The van der Waals surface area contributed by atoms with Crippen LogP contribution in [0.1, 0.15) is 39.9 Å². The maximum Gasteiger partial charge on any atom is 0.251 e. The molecule has 0 saturated heterocycles. The summed E-state index contributed by atoms with van der Waals surface area (Å²) in [6.45, 7) is 3.26. The SMILES string of the molecule is CCc1cc(N(C)Cc2ccccc2)nc(SCc2ccc(C(=O)NCc3ccco3)cc2)n1. The summed E-state index contributed by atoms with van der Waals surface area (Å²) >= 11 is 1.60. The number of furan rings is 1. The second-order valence-corrected chi connectivity index (χ2v) is 8.89. The van der Waals surface area contributed by atoms with Crippen LogP contribution < -0.4 is 10.2 Å². The van der Waals surface area contributed by atoms with Crippen LogP contribution in [0.15, 0.2) is 88.6 Å². The molecule has 0 radical (unpaired) electrons. The number of nitrogens with one attached hydrogen (secondary N) is 1. The minimum Gasteiger partial charge on any atom is -0.467 e. The average molecular weight is 473 g/mol. The molecule has 1 amide bonds. The van der Waals surface area contributed by atoms with Crippen LogP contribution in [-0.2, 0) is 25.3 Å². The lowest BCUT2D eigenvalue weighted by molar-refractivity contribution is 0.0948. The van der Waals surface area contributed by atoms with Gasteiger partial charge in [0.1, 0.15) is 11.6 Å². The van der Waals surface area contributed by atoms with Gasteiger partial charge in [0.05, 0.1) is 12.8 Å². The predicted octanol–water partition coefficient (Wildman–Crippen LogP) is 5.49. The van der Waals surface area contributed by atoms with Crippen molar-refractivity contribution in [2.24, 2.45) is 0 Å². The molecule has 1 N–H and O–H groups in total. The van der Waals surface area contributed by atoms with Gasteiger partial charge in [0.25, 0.3) is 5.91 Å². The van der Waals surface area contributed by atoms with E-state index >= 15 is 0 Å². The molecule has 7 heteroatoms. The van der Waals surface area contributed by atoms with Crippen LogP contribution in [0.25, 0.3) is 0 Å². The Morgan fingerprint density at radius 1 is 1.00 bits per heavy atom. The summed E-state index contributed by atoms with van der Waals surface area (Å²) in [7, 11) is 2.05. The number of amides is 1. The number of aromatic nitrogens is 2. The third kappa shape index (κ3) is 6.48. The first-order chi connectivity index (χ1) is 16.6. The molecule has 6 nitrogen and oxygen atoms in total. The zero-order valence-corrected chi connectivity index (χ0v) is 20.2. The van der Waals surface area contributed by atoms with Gasteiger partial charge in [-0.3, -0.25) is 4.79 Å².